The summed E-state index contributed by atoms with van der Waals surface area (Å²) in [5, 5.41) is 3.33. The molecule has 0 spiro atoms. The standard InChI is InChI=1S/C16H20BrN3S/c1-4-14-11(3)16(18-5-2)20-15(19-14)10-21-13-8-6-7-12(17)9-13/h6-9H,4-5,10H2,1-3H3,(H,18,19,20). The molecule has 1 heterocycles. The lowest BCUT2D eigenvalue weighted by atomic mass is 10.2. The minimum atomic E-state index is 0.780. The molecule has 2 rings (SSSR count). The van der Waals surface area contributed by atoms with Gasteiger partial charge in [0.15, 0.2) is 0 Å². The second kappa shape index (κ2) is 7.80. The van der Waals surface area contributed by atoms with E-state index in [0.29, 0.717) is 0 Å². The van der Waals surface area contributed by atoms with Crippen molar-refractivity contribution in [2.24, 2.45) is 0 Å². The van der Waals surface area contributed by atoms with E-state index in [4.69, 9.17) is 0 Å². The molecule has 1 aromatic carbocycles. The maximum atomic E-state index is 4.69. The van der Waals surface area contributed by atoms with Gasteiger partial charge in [0, 0.05) is 27.2 Å². The lowest BCUT2D eigenvalue weighted by molar-refractivity contribution is 0.914. The molecule has 0 fully saturated rings. The molecule has 0 aliphatic carbocycles. The molecule has 21 heavy (non-hydrogen) atoms. The molecule has 0 saturated heterocycles. The van der Waals surface area contributed by atoms with Crippen LogP contribution in [0.15, 0.2) is 33.6 Å². The van der Waals surface area contributed by atoms with Gasteiger partial charge in [-0.25, -0.2) is 9.97 Å². The Balaban J connectivity index is 2.17. The maximum Gasteiger partial charge on any atom is 0.141 e. The van der Waals surface area contributed by atoms with Crippen molar-refractivity contribution in [3.8, 4) is 0 Å². The first-order valence-electron chi connectivity index (χ1n) is 7.12. The van der Waals surface area contributed by atoms with Crippen LogP contribution in [0.25, 0.3) is 0 Å². The summed E-state index contributed by atoms with van der Waals surface area (Å²) in [5.41, 5.74) is 2.29. The normalized spacial score (nSPS) is 10.7. The number of aryl methyl sites for hydroxylation is 1. The van der Waals surface area contributed by atoms with Crippen LogP contribution in [-0.4, -0.2) is 16.5 Å². The van der Waals surface area contributed by atoms with E-state index >= 15 is 0 Å². The minimum Gasteiger partial charge on any atom is -0.370 e. The Kier molecular flexibility index (Phi) is 6.06. The largest absolute Gasteiger partial charge is 0.370 e. The van der Waals surface area contributed by atoms with E-state index in [1.54, 1.807) is 11.8 Å². The van der Waals surface area contributed by atoms with Crippen LogP contribution in [0, 0.1) is 6.92 Å². The fourth-order valence-corrected chi connectivity index (χ4v) is 3.43. The first kappa shape index (κ1) is 16.3. The number of hydrogen-bond donors (Lipinski definition) is 1. The van der Waals surface area contributed by atoms with Crippen molar-refractivity contribution in [3.05, 3.63) is 45.8 Å². The van der Waals surface area contributed by atoms with Gasteiger partial charge < -0.3 is 5.32 Å². The van der Waals surface area contributed by atoms with Crippen molar-refractivity contribution in [1.29, 1.82) is 0 Å². The molecule has 0 aliphatic heterocycles. The molecule has 1 aromatic heterocycles. The van der Waals surface area contributed by atoms with Gasteiger partial charge in [-0.2, -0.15) is 0 Å². The summed E-state index contributed by atoms with van der Waals surface area (Å²) in [6, 6.07) is 8.30. The van der Waals surface area contributed by atoms with Crippen LogP contribution in [-0.2, 0) is 12.2 Å². The Morgan fingerprint density at radius 1 is 1.24 bits per heavy atom. The highest BCUT2D eigenvalue weighted by Gasteiger charge is 2.09. The smallest absolute Gasteiger partial charge is 0.141 e. The van der Waals surface area contributed by atoms with Crippen LogP contribution in [0.5, 0.6) is 0 Å². The van der Waals surface area contributed by atoms with E-state index in [-0.39, 0.29) is 0 Å². The fraction of sp³-hybridized carbons (Fsp3) is 0.375. The summed E-state index contributed by atoms with van der Waals surface area (Å²) < 4.78 is 1.10. The number of nitrogens with one attached hydrogen (secondary N) is 1. The van der Waals surface area contributed by atoms with Crippen molar-refractivity contribution in [1.82, 2.24) is 9.97 Å². The molecule has 3 nitrogen and oxygen atoms in total. The molecule has 0 radical (unpaired) electrons. The highest BCUT2D eigenvalue weighted by atomic mass is 79.9. The molecule has 0 amide bonds. The monoisotopic (exact) mass is 365 g/mol. The Morgan fingerprint density at radius 2 is 2.05 bits per heavy atom. The quantitative estimate of drug-likeness (QED) is 0.743. The molecular weight excluding hydrogens is 346 g/mol. The summed E-state index contributed by atoms with van der Waals surface area (Å²) in [5.74, 6) is 2.63. The summed E-state index contributed by atoms with van der Waals surface area (Å²) in [7, 11) is 0. The predicted molar refractivity (Wildman–Crippen MR) is 94.0 cm³/mol. The van der Waals surface area contributed by atoms with Gasteiger partial charge in [-0.1, -0.05) is 28.9 Å². The van der Waals surface area contributed by atoms with E-state index < -0.39 is 0 Å². The van der Waals surface area contributed by atoms with Crippen molar-refractivity contribution in [3.63, 3.8) is 0 Å². The van der Waals surface area contributed by atoms with Crippen molar-refractivity contribution >= 4 is 33.5 Å². The van der Waals surface area contributed by atoms with Crippen LogP contribution in [0.3, 0.4) is 0 Å². The van der Waals surface area contributed by atoms with Crippen LogP contribution < -0.4 is 5.32 Å². The predicted octanol–water partition coefficient (Wildman–Crippen LogP) is 4.83. The van der Waals surface area contributed by atoms with Crippen LogP contribution in [0.2, 0.25) is 0 Å². The third kappa shape index (κ3) is 4.45. The Labute approximate surface area is 139 Å². The number of aromatic nitrogens is 2. The number of rotatable bonds is 6. The van der Waals surface area contributed by atoms with Crippen LogP contribution in [0.1, 0.15) is 30.9 Å². The number of hydrogen-bond acceptors (Lipinski definition) is 4. The molecule has 0 atom stereocenters. The van der Waals surface area contributed by atoms with Crippen molar-refractivity contribution < 1.29 is 0 Å². The zero-order chi connectivity index (χ0) is 15.2. The zero-order valence-electron chi connectivity index (χ0n) is 12.6. The van der Waals surface area contributed by atoms with Gasteiger partial charge in [0.25, 0.3) is 0 Å². The molecule has 5 heteroatoms. The SMILES string of the molecule is CCNc1nc(CSc2cccc(Br)c2)nc(CC)c1C. The number of nitrogens with zero attached hydrogens (tertiary/aromatic N) is 2. The van der Waals surface area contributed by atoms with E-state index in [0.717, 1.165) is 46.1 Å². The van der Waals surface area contributed by atoms with Crippen LogP contribution >= 0.6 is 27.7 Å². The Morgan fingerprint density at radius 3 is 2.71 bits per heavy atom. The van der Waals surface area contributed by atoms with Gasteiger partial charge in [0.2, 0.25) is 0 Å². The average molecular weight is 366 g/mol. The minimum absolute atomic E-state index is 0.780. The molecule has 0 bridgehead atoms. The number of thioether (sulfide) groups is 1. The number of anilines is 1. The summed E-state index contributed by atoms with van der Waals surface area (Å²) in [6.45, 7) is 7.18. The first-order valence-corrected chi connectivity index (χ1v) is 8.90. The first-order chi connectivity index (χ1) is 10.1. The molecule has 0 aliphatic rings. The van der Waals surface area contributed by atoms with Gasteiger partial charge in [-0.3, -0.25) is 0 Å². The third-order valence-corrected chi connectivity index (χ3v) is 4.62. The number of halogens is 1. The molecule has 1 N–H and O–H groups in total. The van der Waals surface area contributed by atoms with Gasteiger partial charge in [-0.05, 0) is 38.5 Å². The van der Waals surface area contributed by atoms with Gasteiger partial charge in [0.05, 0.1) is 5.75 Å². The third-order valence-electron chi connectivity index (χ3n) is 3.14. The second-order valence-electron chi connectivity index (χ2n) is 4.69. The summed E-state index contributed by atoms with van der Waals surface area (Å²) in [4.78, 5) is 10.6. The van der Waals surface area contributed by atoms with E-state index in [2.05, 4.69) is 64.1 Å². The second-order valence-corrected chi connectivity index (χ2v) is 6.65. The van der Waals surface area contributed by atoms with Crippen molar-refractivity contribution in [2.75, 3.05) is 11.9 Å². The molecule has 0 saturated carbocycles. The van der Waals surface area contributed by atoms with E-state index in [9.17, 15) is 0 Å². The molecule has 112 valence electrons. The Bertz CT molecular complexity index is 616. The summed E-state index contributed by atoms with van der Waals surface area (Å²) in [6.07, 6.45) is 0.932. The lowest BCUT2D eigenvalue weighted by Crippen LogP contribution is -2.08. The lowest BCUT2D eigenvalue weighted by Gasteiger charge is -2.12. The van der Waals surface area contributed by atoms with Crippen LogP contribution in [0.4, 0.5) is 5.82 Å². The van der Waals surface area contributed by atoms with Gasteiger partial charge >= 0.3 is 0 Å². The summed E-state index contributed by atoms with van der Waals surface area (Å²) >= 11 is 5.26. The fourth-order valence-electron chi connectivity index (χ4n) is 2.07. The highest BCUT2D eigenvalue weighted by Crippen LogP contribution is 2.25. The maximum absolute atomic E-state index is 4.69. The molecule has 2 aromatic rings. The molecule has 0 unspecified atom stereocenters. The topological polar surface area (TPSA) is 37.8 Å². The molecular formula is C16H20BrN3S. The van der Waals surface area contributed by atoms with Gasteiger partial charge in [0.1, 0.15) is 11.6 Å². The van der Waals surface area contributed by atoms with Crippen molar-refractivity contribution in [2.45, 2.75) is 37.8 Å². The van der Waals surface area contributed by atoms with E-state index in [1.165, 1.54) is 4.90 Å². The zero-order valence-corrected chi connectivity index (χ0v) is 15.0. The highest BCUT2D eigenvalue weighted by molar-refractivity contribution is 9.10. The number of benzene rings is 1. The van der Waals surface area contributed by atoms with Gasteiger partial charge in [-0.15, -0.1) is 11.8 Å². The average Bonchev–Trinajstić information content (AvgIpc) is 2.48. The Hall–Kier alpha value is -1.07. The van der Waals surface area contributed by atoms with E-state index in [1.807, 2.05) is 12.1 Å².